The molecular weight excluding hydrogens is 1000 g/mol. The van der Waals surface area contributed by atoms with Crippen molar-refractivity contribution < 1.29 is 56.8 Å². The Bertz CT molecular complexity index is 3160. The lowest BCUT2D eigenvalue weighted by Crippen LogP contribution is -2.53. The van der Waals surface area contributed by atoms with Crippen molar-refractivity contribution in [1.82, 2.24) is 34.4 Å². The summed E-state index contributed by atoms with van der Waals surface area (Å²) < 4.78 is 65.1. The van der Waals surface area contributed by atoms with Crippen LogP contribution in [-0.4, -0.2) is 130 Å². The van der Waals surface area contributed by atoms with Gasteiger partial charge in [0, 0.05) is 26.7 Å². The number of aliphatic hydroxyl groups excluding tert-OH is 1. The summed E-state index contributed by atoms with van der Waals surface area (Å²) in [4.78, 5) is 57.6. The van der Waals surface area contributed by atoms with Crippen LogP contribution in [0.5, 0.6) is 17.2 Å². The molecule has 4 aromatic carbocycles. The van der Waals surface area contributed by atoms with Gasteiger partial charge in [0.25, 0.3) is 0 Å². The van der Waals surface area contributed by atoms with Crippen molar-refractivity contribution in [2.75, 3.05) is 59.3 Å². The van der Waals surface area contributed by atoms with Gasteiger partial charge in [-0.3, -0.25) is 23.0 Å². The number of rotatable bonds is 21. The third kappa shape index (κ3) is 11.3. The maximum absolute atomic E-state index is 14.4. The molecule has 24 heteroatoms. The normalized spacial score (nSPS) is 21.7. The van der Waals surface area contributed by atoms with Gasteiger partial charge in [0.2, 0.25) is 5.91 Å². The zero-order chi connectivity index (χ0) is 53.7. The van der Waals surface area contributed by atoms with E-state index in [1.807, 2.05) is 78.9 Å². The first kappa shape index (κ1) is 53.5. The second-order valence-electron chi connectivity index (χ2n) is 18.3. The molecule has 7 N–H and O–H groups in total. The average molecular weight is 1060 g/mol. The van der Waals surface area contributed by atoms with E-state index in [0.717, 1.165) is 11.1 Å². The molecule has 9 atom stereocenters. The molecule has 1 amide bonds. The van der Waals surface area contributed by atoms with Crippen molar-refractivity contribution in [2.24, 2.45) is 5.73 Å². The number of aromatic nitrogens is 6. The van der Waals surface area contributed by atoms with Gasteiger partial charge in [-0.25, -0.2) is 24.3 Å². The number of carbonyl (C=O) groups is 1. The van der Waals surface area contributed by atoms with Crippen LogP contribution < -0.4 is 41.6 Å². The Kier molecular flexibility index (Phi) is 16.1. The number of anilines is 2. The maximum Gasteiger partial charge on any atom is 0.472 e. The van der Waals surface area contributed by atoms with E-state index in [2.05, 4.69) is 25.3 Å². The minimum atomic E-state index is -5.16. The number of nitrogen functional groups attached to an aromatic ring is 1. The zero-order valence-electron chi connectivity index (χ0n) is 42.2. The summed E-state index contributed by atoms with van der Waals surface area (Å²) in [6.45, 7) is -0.982. The summed E-state index contributed by atoms with van der Waals surface area (Å²) in [6.07, 6.45) is -3.42. The fourth-order valence-electron chi connectivity index (χ4n) is 9.45. The Morgan fingerprint density at radius 1 is 0.842 bits per heavy atom. The minimum Gasteiger partial charge on any atom is -0.497 e. The van der Waals surface area contributed by atoms with Crippen molar-refractivity contribution >= 4 is 36.5 Å². The highest BCUT2D eigenvalue weighted by atomic mass is 31.2. The molecule has 0 radical (unpaired) electrons. The van der Waals surface area contributed by atoms with E-state index in [1.165, 1.54) is 34.1 Å². The number of nitrogens with zero attached hydrogens (tertiary/aromatic N) is 7. The third-order valence-electron chi connectivity index (χ3n) is 13.3. The van der Waals surface area contributed by atoms with Crippen LogP contribution >= 0.6 is 7.82 Å². The standard InChI is InChI=1S/C52H59N10O13P/c1-60(2)47-45-48(56-29-55-47)62(30-57-45)50-46(63)44(59-49(64)38(53)25-31-11-17-35(68-3)18-12-31)41(74-50)28-72-76(66,67)75-39-26-43(61-24-23-42(54)58-51(61)65)73-40(39)27-71-52(32-9-7-6-8-10-32,33-13-19-36(69-4)20-14-33)34-15-21-37(70-5)22-16-34/h6-24,29-30,38-41,43-44,46,50,63H,25-28,53H2,1-5H3,(H,59,64)(H,66,67)(H2,54,58,65)/t38-,39-,40?,41+,43+,44?,46+,50+/m0/s1. The van der Waals surface area contributed by atoms with Crippen LogP contribution in [0.1, 0.15) is 41.1 Å². The van der Waals surface area contributed by atoms with Gasteiger partial charge in [-0.15, -0.1) is 0 Å². The number of hydrogen-bond acceptors (Lipinski definition) is 19. The predicted molar refractivity (Wildman–Crippen MR) is 277 cm³/mol. The number of nitrogens with two attached hydrogens (primary N) is 2. The van der Waals surface area contributed by atoms with Gasteiger partial charge in [0.15, 0.2) is 23.2 Å². The van der Waals surface area contributed by atoms with Gasteiger partial charge in [-0.1, -0.05) is 66.7 Å². The molecule has 76 heavy (non-hydrogen) atoms. The lowest BCUT2D eigenvalue weighted by atomic mass is 9.80. The molecule has 0 bridgehead atoms. The lowest BCUT2D eigenvalue weighted by Gasteiger charge is -2.37. The first-order valence-electron chi connectivity index (χ1n) is 24.1. The van der Waals surface area contributed by atoms with E-state index in [9.17, 15) is 24.2 Å². The fourth-order valence-corrected chi connectivity index (χ4v) is 10.4. The number of phosphoric acid groups is 1. The quantitative estimate of drug-likeness (QED) is 0.0504. The van der Waals surface area contributed by atoms with Gasteiger partial charge in [-0.05, 0) is 71.1 Å². The summed E-state index contributed by atoms with van der Waals surface area (Å²) in [6, 6.07) is 30.3. The molecule has 0 aliphatic carbocycles. The second kappa shape index (κ2) is 22.9. The number of amides is 1. The highest BCUT2D eigenvalue weighted by Crippen LogP contribution is 2.50. The summed E-state index contributed by atoms with van der Waals surface area (Å²) in [5.74, 6) is 1.67. The number of ether oxygens (including phenoxy) is 6. The van der Waals surface area contributed by atoms with Crippen LogP contribution in [0, 0.1) is 0 Å². The molecule has 7 aromatic rings. The number of phosphoric ester groups is 1. The maximum atomic E-state index is 14.4. The second-order valence-corrected chi connectivity index (χ2v) is 19.7. The largest absolute Gasteiger partial charge is 0.497 e. The van der Waals surface area contributed by atoms with E-state index in [1.54, 1.807) is 64.6 Å². The Morgan fingerprint density at radius 3 is 2.07 bits per heavy atom. The van der Waals surface area contributed by atoms with Crippen LogP contribution in [0.15, 0.2) is 133 Å². The number of aliphatic hydroxyl groups is 1. The van der Waals surface area contributed by atoms with Crippen molar-refractivity contribution in [2.45, 2.75) is 67.4 Å². The van der Waals surface area contributed by atoms with E-state index in [-0.39, 0.29) is 25.3 Å². The number of fused-ring (bicyclic) bond motifs is 1. The topological polar surface area (TPSA) is 294 Å². The van der Waals surface area contributed by atoms with Gasteiger partial charge in [0.1, 0.15) is 65.6 Å². The van der Waals surface area contributed by atoms with Gasteiger partial charge < -0.3 is 60.1 Å². The van der Waals surface area contributed by atoms with Crippen LogP contribution in [-0.2, 0) is 44.6 Å². The van der Waals surface area contributed by atoms with Crippen molar-refractivity contribution in [3.63, 3.8) is 0 Å². The fraction of sp³-hybridized carbons (Fsp3) is 0.346. The number of imidazole rings is 1. The molecule has 5 heterocycles. The molecule has 3 unspecified atom stereocenters. The van der Waals surface area contributed by atoms with Crippen LogP contribution in [0.3, 0.4) is 0 Å². The first-order chi connectivity index (χ1) is 36.6. The van der Waals surface area contributed by atoms with Crippen LogP contribution in [0.2, 0.25) is 0 Å². The minimum absolute atomic E-state index is 0.0187. The molecule has 400 valence electrons. The number of benzene rings is 4. The van der Waals surface area contributed by atoms with E-state index >= 15 is 0 Å². The van der Waals surface area contributed by atoms with Crippen LogP contribution in [0.25, 0.3) is 11.2 Å². The van der Waals surface area contributed by atoms with E-state index in [0.29, 0.717) is 45.4 Å². The lowest BCUT2D eigenvalue weighted by molar-refractivity contribution is -0.124. The third-order valence-corrected chi connectivity index (χ3v) is 14.3. The molecule has 0 saturated carbocycles. The van der Waals surface area contributed by atoms with E-state index in [4.69, 9.17) is 48.9 Å². The molecule has 2 fully saturated rings. The first-order valence-corrected chi connectivity index (χ1v) is 25.6. The van der Waals surface area contributed by atoms with Crippen LogP contribution in [0.4, 0.5) is 11.6 Å². The molecule has 23 nitrogen and oxygen atoms in total. The van der Waals surface area contributed by atoms with Crippen molar-refractivity contribution in [1.29, 1.82) is 0 Å². The molecule has 3 aromatic heterocycles. The average Bonchev–Trinajstić information content (AvgIpc) is 4.13. The number of methoxy groups -OCH3 is 3. The summed E-state index contributed by atoms with van der Waals surface area (Å²) >= 11 is 0. The van der Waals surface area contributed by atoms with E-state index < -0.39 is 80.6 Å². The Labute approximate surface area is 436 Å². The SMILES string of the molecule is COc1ccc(C[C@H](N)C(=O)NC2[C@@H](O)[C@H](n3cnc4c(N(C)C)ncnc43)O[C@@H]2COP(=O)(O)O[C@H]2C[C@H](n3ccc(N)nc3=O)OC2COC(c2ccccc2)(c2ccc(OC)cc2)c2ccc(OC)cc2)cc1. The highest BCUT2D eigenvalue weighted by molar-refractivity contribution is 7.47. The summed E-state index contributed by atoms with van der Waals surface area (Å²) in [5.41, 5.74) is 13.8. The Hall–Kier alpha value is -7.31. The molecule has 2 saturated heterocycles. The highest BCUT2D eigenvalue weighted by Gasteiger charge is 2.49. The number of hydrogen-bond donors (Lipinski definition) is 5. The Balaban J connectivity index is 1.00. The number of carbonyl (C=O) groups excluding carboxylic acids is 1. The summed E-state index contributed by atoms with van der Waals surface area (Å²) in [5, 5.41) is 14.8. The molecule has 2 aliphatic rings. The molecule has 0 spiro atoms. The predicted octanol–water partition coefficient (Wildman–Crippen LogP) is 3.87. The van der Waals surface area contributed by atoms with Crippen molar-refractivity contribution in [3.8, 4) is 17.2 Å². The van der Waals surface area contributed by atoms with Gasteiger partial charge >= 0.3 is 13.5 Å². The molecular formula is C52H59N10O13P. The Morgan fingerprint density at radius 2 is 1.46 bits per heavy atom. The van der Waals surface area contributed by atoms with Gasteiger partial charge in [-0.2, -0.15) is 4.98 Å². The molecule has 9 rings (SSSR count). The zero-order valence-corrected chi connectivity index (χ0v) is 43.1. The smallest absolute Gasteiger partial charge is 0.472 e. The number of nitrogens with one attached hydrogen (secondary N) is 1. The van der Waals surface area contributed by atoms with Crippen molar-refractivity contribution in [3.05, 3.63) is 161 Å². The van der Waals surface area contributed by atoms with Gasteiger partial charge in [0.05, 0.1) is 53.0 Å². The molecule has 2 aliphatic heterocycles. The summed E-state index contributed by atoms with van der Waals surface area (Å²) in [7, 11) is 3.10. The monoisotopic (exact) mass is 1060 g/mol.